The topological polar surface area (TPSA) is 57.7 Å². The summed E-state index contributed by atoms with van der Waals surface area (Å²) in [7, 11) is -3.68. The van der Waals surface area contributed by atoms with Crippen LogP contribution < -0.4 is 0 Å². The Morgan fingerprint density at radius 2 is 1.68 bits per heavy atom. The molecule has 1 fully saturated rings. The van der Waals surface area contributed by atoms with Crippen molar-refractivity contribution in [3.63, 3.8) is 0 Å². The van der Waals surface area contributed by atoms with Gasteiger partial charge in [0.25, 0.3) is 0 Å². The van der Waals surface area contributed by atoms with Crippen molar-refractivity contribution in [2.75, 3.05) is 19.6 Å². The van der Waals surface area contributed by atoms with Crippen LogP contribution in [0.4, 0.5) is 0 Å². The van der Waals surface area contributed by atoms with Gasteiger partial charge in [-0.2, -0.15) is 4.31 Å². The number of likely N-dealkylation sites (tertiary alicyclic amines) is 1. The quantitative estimate of drug-likeness (QED) is 0.794. The fourth-order valence-corrected chi connectivity index (χ4v) is 5.84. The molecule has 1 saturated heterocycles. The van der Waals surface area contributed by atoms with Crippen molar-refractivity contribution in [3.05, 3.63) is 65.2 Å². The zero-order valence-corrected chi connectivity index (χ0v) is 17.0. The molecule has 148 valence electrons. The van der Waals surface area contributed by atoms with Gasteiger partial charge in [-0.05, 0) is 49.4 Å². The van der Waals surface area contributed by atoms with E-state index in [0.29, 0.717) is 13.0 Å². The van der Waals surface area contributed by atoms with E-state index in [9.17, 15) is 13.2 Å². The normalized spacial score (nSPS) is 20.2. The van der Waals surface area contributed by atoms with Gasteiger partial charge in [-0.25, -0.2) is 8.42 Å². The van der Waals surface area contributed by atoms with Crippen LogP contribution in [0.5, 0.6) is 0 Å². The summed E-state index contributed by atoms with van der Waals surface area (Å²) in [6, 6.07) is 14.4. The lowest BCUT2D eigenvalue weighted by Gasteiger charge is -2.36. The lowest BCUT2D eigenvalue weighted by molar-refractivity contribution is -0.131. The first-order valence-electron chi connectivity index (χ1n) is 9.91. The van der Waals surface area contributed by atoms with Crippen LogP contribution in [-0.2, 0) is 21.2 Å². The molecule has 0 aromatic heterocycles. The van der Waals surface area contributed by atoms with Crippen molar-refractivity contribution in [2.24, 2.45) is 0 Å². The minimum Gasteiger partial charge on any atom is -0.343 e. The third-order valence-electron chi connectivity index (χ3n) is 5.82. The van der Waals surface area contributed by atoms with Gasteiger partial charge in [0.15, 0.2) is 0 Å². The molecule has 2 heterocycles. The molecule has 28 heavy (non-hydrogen) atoms. The average molecular weight is 399 g/mol. The third-order valence-corrected chi connectivity index (χ3v) is 7.74. The highest BCUT2D eigenvalue weighted by molar-refractivity contribution is 7.89. The number of amides is 1. The van der Waals surface area contributed by atoms with E-state index in [-0.39, 0.29) is 17.2 Å². The molecule has 4 rings (SSSR count). The van der Waals surface area contributed by atoms with Crippen LogP contribution in [0.1, 0.15) is 42.0 Å². The Hall–Kier alpha value is -2.18. The van der Waals surface area contributed by atoms with Crippen LogP contribution in [-0.4, -0.2) is 43.2 Å². The van der Waals surface area contributed by atoms with E-state index in [4.69, 9.17) is 0 Å². The summed E-state index contributed by atoms with van der Waals surface area (Å²) >= 11 is 0. The van der Waals surface area contributed by atoms with E-state index >= 15 is 0 Å². The van der Waals surface area contributed by atoms with E-state index in [0.717, 1.165) is 42.6 Å². The fraction of sp³-hybridized carbons (Fsp3) is 0.409. The first kappa shape index (κ1) is 19.2. The van der Waals surface area contributed by atoms with Gasteiger partial charge in [0.05, 0.1) is 10.9 Å². The van der Waals surface area contributed by atoms with Gasteiger partial charge in [-0.1, -0.05) is 42.0 Å². The van der Waals surface area contributed by atoms with Crippen molar-refractivity contribution in [1.29, 1.82) is 0 Å². The van der Waals surface area contributed by atoms with Gasteiger partial charge >= 0.3 is 0 Å². The monoisotopic (exact) mass is 398 g/mol. The van der Waals surface area contributed by atoms with E-state index in [2.05, 4.69) is 0 Å². The van der Waals surface area contributed by atoms with Crippen molar-refractivity contribution in [2.45, 2.75) is 43.5 Å². The summed E-state index contributed by atoms with van der Waals surface area (Å²) in [5, 5.41) is 0. The molecule has 0 unspecified atom stereocenters. The number of aryl methyl sites for hydroxylation is 1. The number of benzene rings is 2. The molecule has 0 aliphatic carbocycles. The first-order chi connectivity index (χ1) is 13.5. The summed E-state index contributed by atoms with van der Waals surface area (Å²) in [4.78, 5) is 15.0. The minimum absolute atomic E-state index is 0.0447. The third kappa shape index (κ3) is 3.59. The molecule has 1 atom stereocenters. The Balaban J connectivity index is 1.70. The predicted molar refractivity (Wildman–Crippen MR) is 108 cm³/mol. The maximum Gasteiger partial charge on any atom is 0.243 e. The molecule has 0 radical (unpaired) electrons. The zero-order chi connectivity index (χ0) is 19.7. The van der Waals surface area contributed by atoms with Crippen LogP contribution in [0.2, 0.25) is 0 Å². The van der Waals surface area contributed by atoms with Crippen molar-refractivity contribution >= 4 is 15.9 Å². The maximum absolute atomic E-state index is 13.4. The number of fused-ring (bicyclic) bond motifs is 1. The van der Waals surface area contributed by atoms with Crippen LogP contribution >= 0.6 is 0 Å². The maximum atomic E-state index is 13.4. The molecule has 5 nitrogen and oxygen atoms in total. The summed E-state index contributed by atoms with van der Waals surface area (Å²) in [5.41, 5.74) is 3.11. The Labute approximate surface area is 167 Å². The van der Waals surface area contributed by atoms with Gasteiger partial charge < -0.3 is 4.90 Å². The molecule has 2 aromatic rings. The molecule has 2 aliphatic heterocycles. The second-order valence-corrected chi connectivity index (χ2v) is 9.58. The van der Waals surface area contributed by atoms with E-state index < -0.39 is 16.1 Å². The van der Waals surface area contributed by atoms with Gasteiger partial charge in [-0.15, -0.1) is 0 Å². The SMILES string of the molecule is Cc1ccc(S(=O)(=O)N2CCc3ccccc3[C@@H]2CC(=O)N2CCCC2)cc1. The number of sulfonamides is 1. The summed E-state index contributed by atoms with van der Waals surface area (Å²) in [5.74, 6) is 0.0447. The van der Waals surface area contributed by atoms with E-state index in [1.54, 1.807) is 12.1 Å². The average Bonchev–Trinajstić information content (AvgIpc) is 3.23. The number of hydrogen-bond acceptors (Lipinski definition) is 3. The second kappa shape index (κ2) is 7.68. The Kier molecular flexibility index (Phi) is 5.25. The van der Waals surface area contributed by atoms with Gasteiger partial charge in [0.2, 0.25) is 15.9 Å². The highest BCUT2D eigenvalue weighted by Gasteiger charge is 2.38. The van der Waals surface area contributed by atoms with Crippen molar-refractivity contribution in [1.82, 2.24) is 9.21 Å². The molecule has 0 saturated carbocycles. The number of rotatable bonds is 4. The van der Waals surface area contributed by atoms with Crippen LogP contribution in [0.15, 0.2) is 53.4 Å². The molecule has 0 N–H and O–H groups in total. The van der Waals surface area contributed by atoms with E-state index in [1.165, 1.54) is 4.31 Å². The van der Waals surface area contributed by atoms with Gasteiger partial charge in [-0.3, -0.25) is 4.79 Å². The van der Waals surface area contributed by atoms with Crippen LogP contribution in [0.3, 0.4) is 0 Å². The molecular formula is C22H26N2O3S. The minimum atomic E-state index is -3.68. The summed E-state index contributed by atoms with van der Waals surface area (Å²) in [6.07, 6.45) is 2.91. The second-order valence-electron chi connectivity index (χ2n) is 7.69. The number of hydrogen-bond donors (Lipinski definition) is 0. The van der Waals surface area contributed by atoms with Gasteiger partial charge in [0, 0.05) is 26.1 Å². The smallest absolute Gasteiger partial charge is 0.243 e. The van der Waals surface area contributed by atoms with Crippen LogP contribution in [0, 0.1) is 6.92 Å². The first-order valence-corrected chi connectivity index (χ1v) is 11.3. The summed E-state index contributed by atoms with van der Waals surface area (Å²) < 4.78 is 28.4. The predicted octanol–water partition coefficient (Wildman–Crippen LogP) is 3.30. The number of carbonyl (C=O) groups excluding carboxylic acids is 1. The summed E-state index contributed by atoms with van der Waals surface area (Å²) in [6.45, 7) is 3.88. The van der Waals surface area contributed by atoms with Crippen LogP contribution in [0.25, 0.3) is 0 Å². The molecule has 6 heteroatoms. The molecule has 0 spiro atoms. The lowest BCUT2D eigenvalue weighted by Crippen LogP contribution is -2.42. The Bertz CT molecular complexity index is 964. The van der Waals surface area contributed by atoms with E-state index in [1.807, 2.05) is 48.2 Å². The highest BCUT2D eigenvalue weighted by atomic mass is 32.2. The standard InChI is InChI=1S/C22H26N2O3S/c1-17-8-10-19(11-9-17)28(26,27)24-15-12-18-6-2-3-7-20(18)21(24)16-22(25)23-13-4-5-14-23/h2-3,6-11,21H,4-5,12-16H2,1H3/t21-/m0/s1. The molecule has 0 bridgehead atoms. The molecule has 2 aromatic carbocycles. The molecule has 2 aliphatic rings. The molecular weight excluding hydrogens is 372 g/mol. The van der Waals surface area contributed by atoms with Crippen molar-refractivity contribution in [3.8, 4) is 0 Å². The number of nitrogens with zero attached hydrogens (tertiary/aromatic N) is 2. The fourth-order valence-electron chi connectivity index (χ4n) is 4.23. The number of carbonyl (C=O) groups is 1. The molecule has 1 amide bonds. The Morgan fingerprint density at radius 1 is 1.00 bits per heavy atom. The van der Waals surface area contributed by atoms with Gasteiger partial charge in [0.1, 0.15) is 0 Å². The largest absolute Gasteiger partial charge is 0.343 e. The lowest BCUT2D eigenvalue weighted by atomic mass is 9.92. The van der Waals surface area contributed by atoms with Crippen molar-refractivity contribution < 1.29 is 13.2 Å². The Morgan fingerprint density at radius 3 is 2.39 bits per heavy atom. The highest BCUT2D eigenvalue weighted by Crippen LogP contribution is 2.37. The zero-order valence-electron chi connectivity index (χ0n) is 16.2.